The predicted molar refractivity (Wildman–Crippen MR) is 115 cm³/mol. The Kier molecular flexibility index (Phi) is 6.58. The number of hydrogen-bond donors (Lipinski definition) is 1. The molecule has 0 bridgehead atoms. The van der Waals surface area contributed by atoms with Gasteiger partial charge < -0.3 is 19.5 Å². The number of amides is 1. The fourth-order valence-corrected chi connectivity index (χ4v) is 3.89. The molecular weight excluding hydrogens is 429 g/mol. The van der Waals surface area contributed by atoms with Crippen molar-refractivity contribution >= 4 is 40.7 Å². The fourth-order valence-electron chi connectivity index (χ4n) is 3.53. The van der Waals surface area contributed by atoms with E-state index in [4.69, 9.17) is 32.7 Å². The van der Waals surface area contributed by atoms with E-state index in [1.54, 1.807) is 24.3 Å². The first-order chi connectivity index (χ1) is 14.3. The summed E-state index contributed by atoms with van der Waals surface area (Å²) in [6.07, 6.45) is 0.648. The van der Waals surface area contributed by atoms with E-state index in [1.807, 2.05) is 6.92 Å². The second-order valence-electron chi connectivity index (χ2n) is 6.73. The minimum Gasteiger partial charge on any atom is -0.507 e. The molecule has 2 aromatic rings. The lowest BCUT2D eigenvalue weighted by molar-refractivity contribution is -0.139. The second kappa shape index (κ2) is 8.98. The van der Waals surface area contributed by atoms with Gasteiger partial charge in [-0.05, 0) is 30.2 Å². The quantitative estimate of drug-likeness (QED) is 0.387. The van der Waals surface area contributed by atoms with E-state index >= 15 is 0 Å². The van der Waals surface area contributed by atoms with Crippen molar-refractivity contribution in [2.24, 2.45) is 0 Å². The van der Waals surface area contributed by atoms with Gasteiger partial charge in [-0.2, -0.15) is 0 Å². The summed E-state index contributed by atoms with van der Waals surface area (Å²) in [4.78, 5) is 27.2. The molecule has 1 fully saturated rings. The molecule has 1 aliphatic heterocycles. The van der Waals surface area contributed by atoms with E-state index in [0.717, 1.165) is 0 Å². The number of carbonyl (C=O) groups is 2. The van der Waals surface area contributed by atoms with Crippen molar-refractivity contribution in [1.29, 1.82) is 0 Å². The number of ketones is 1. The maximum absolute atomic E-state index is 12.9. The minimum absolute atomic E-state index is 0.0292. The van der Waals surface area contributed by atoms with E-state index in [2.05, 4.69) is 0 Å². The third kappa shape index (κ3) is 3.85. The molecule has 0 spiro atoms. The van der Waals surface area contributed by atoms with Gasteiger partial charge in [0, 0.05) is 17.6 Å². The largest absolute Gasteiger partial charge is 0.507 e. The highest BCUT2D eigenvalue weighted by Crippen LogP contribution is 2.43. The lowest BCUT2D eigenvalue weighted by Gasteiger charge is -2.25. The number of ether oxygens (including phenoxy) is 2. The summed E-state index contributed by atoms with van der Waals surface area (Å²) in [7, 11) is 2.85. The Hall–Kier alpha value is -2.70. The predicted octanol–water partition coefficient (Wildman–Crippen LogP) is 4.84. The summed E-state index contributed by atoms with van der Waals surface area (Å²) in [5.74, 6) is -1.26. The topological polar surface area (TPSA) is 76.1 Å². The van der Waals surface area contributed by atoms with Crippen LogP contribution < -0.4 is 9.47 Å². The molecule has 1 unspecified atom stereocenters. The van der Waals surface area contributed by atoms with Crippen molar-refractivity contribution in [3.05, 3.63) is 63.1 Å². The van der Waals surface area contributed by atoms with Gasteiger partial charge >= 0.3 is 0 Å². The average molecular weight is 450 g/mol. The maximum atomic E-state index is 12.9. The van der Waals surface area contributed by atoms with Crippen molar-refractivity contribution < 1.29 is 24.2 Å². The Morgan fingerprint density at radius 2 is 1.70 bits per heavy atom. The van der Waals surface area contributed by atoms with Crippen LogP contribution in [0.1, 0.15) is 30.5 Å². The first-order valence-corrected chi connectivity index (χ1v) is 10.0. The number of halogens is 2. The van der Waals surface area contributed by atoms with Crippen LogP contribution in [0.15, 0.2) is 42.0 Å². The molecule has 0 radical (unpaired) electrons. The average Bonchev–Trinajstić information content (AvgIpc) is 2.99. The highest BCUT2D eigenvalue weighted by molar-refractivity contribution is 6.46. The van der Waals surface area contributed by atoms with Crippen LogP contribution >= 0.6 is 23.2 Å². The third-order valence-electron chi connectivity index (χ3n) is 4.92. The van der Waals surface area contributed by atoms with Crippen molar-refractivity contribution in [3.8, 4) is 11.5 Å². The molecular formula is C22H21Cl2NO5. The van der Waals surface area contributed by atoms with Gasteiger partial charge in [-0.15, -0.1) is 0 Å². The second-order valence-corrected chi connectivity index (χ2v) is 7.57. The van der Waals surface area contributed by atoms with Gasteiger partial charge in [-0.25, -0.2) is 0 Å². The summed E-state index contributed by atoms with van der Waals surface area (Å²) in [5, 5.41) is 12.0. The lowest BCUT2D eigenvalue weighted by atomic mass is 9.95. The molecule has 0 aromatic heterocycles. The number of nitrogens with zero attached hydrogens (tertiary/aromatic N) is 1. The number of Topliss-reactive ketones (excluding diaryl/α,β-unsaturated/α-hetero) is 1. The van der Waals surface area contributed by atoms with Gasteiger partial charge in [0.05, 0.1) is 36.4 Å². The van der Waals surface area contributed by atoms with Crippen LogP contribution in [-0.2, 0) is 9.59 Å². The molecule has 1 heterocycles. The third-order valence-corrected chi connectivity index (χ3v) is 5.47. The van der Waals surface area contributed by atoms with E-state index in [1.165, 1.54) is 31.3 Å². The number of rotatable bonds is 6. The molecule has 8 heteroatoms. The Morgan fingerprint density at radius 1 is 1.07 bits per heavy atom. The number of aliphatic hydroxyl groups excluding tert-OH is 1. The number of benzene rings is 2. The van der Waals surface area contributed by atoms with Crippen molar-refractivity contribution in [2.45, 2.75) is 19.4 Å². The van der Waals surface area contributed by atoms with E-state index < -0.39 is 17.7 Å². The van der Waals surface area contributed by atoms with Gasteiger partial charge in [-0.1, -0.05) is 42.3 Å². The normalized spacial score (nSPS) is 18.0. The van der Waals surface area contributed by atoms with Crippen LogP contribution in [0.5, 0.6) is 11.5 Å². The van der Waals surface area contributed by atoms with Gasteiger partial charge in [0.25, 0.3) is 11.7 Å². The number of methoxy groups -OCH3 is 2. The molecule has 3 rings (SSSR count). The van der Waals surface area contributed by atoms with Crippen LogP contribution in [0.4, 0.5) is 0 Å². The zero-order valence-electron chi connectivity index (χ0n) is 16.7. The Bertz CT molecular complexity index is 1020. The van der Waals surface area contributed by atoms with E-state index in [0.29, 0.717) is 29.3 Å². The van der Waals surface area contributed by atoms with Gasteiger partial charge in [0.1, 0.15) is 17.3 Å². The van der Waals surface area contributed by atoms with Gasteiger partial charge in [0.2, 0.25) is 0 Å². The first kappa shape index (κ1) is 22.0. The smallest absolute Gasteiger partial charge is 0.295 e. The van der Waals surface area contributed by atoms with Crippen LogP contribution in [-0.4, -0.2) is 42.5 Å². The van der Waals surface area contributed by atoms with Crippen molar-refractivity contribution in [3.63, 3.8) is 0 Å². The summed E-state index contributed by atoms with van der Waals surface area (Å²) in [6.45, 7) is 2.26. The molecule has 0 aliphatic carbocycles. The Morgan fingerprint density at radius 3 is 2.27 bits per heavy atom. The summed E-state index contributed by atoms with van der Waals surface area (Å²) in [6, 6.07) is 9.01. The summed E-state index contributed by atoms with van der Waals surface area (Å²) < 4.78 is 10.6. The monoisotopic (exact) mass is 449 g/mol. The minimum atomic E-state index is -0.767. The molecule has 0 saturated carbocycles. The molecule has 158 valence electrons. The molecule has 30 heavy (non-hydrogen) atoms. The lowest BCUT2D eigenvalue weighted by Crippen LogP contribution is -2.30. The fraction of sp³-hybridized carbons (Fsp3) is 0.273. The van der Waals surface area contributed by atoms with E-state index in [9.17, 15) is 14.7 Å². The summed E-state index contributed by atoms with van der Waals surface area (Å²) in [5.41, 5.74) is 0.833. The van der Waals surface area contributed by atoms with Gasteiger partial charge in [-0.3, -0.25) is 9.59 Å². The Labute approximate surface area is 184 Å². The highest BCUT2D eigenvalue weighted by atomic mass is 35.5. The summed E-state index contributed by atoms with van der Waals surface area (Å²) >= 11 is 12.2. The number of hydrogen-bond acceptors (Lipinski definition) is 5. The zero-order valence-corrected chi connectivity index (χ0v) is 18.3. The van der Waals surface area contributed by atoms with Crippen LogP contribution in [0.3, 0.4) is 0 Å². The van der Waals surface area contributed by atoms with Crippen LogP contribution in [0, 0.1) is 0 Å². The molecule has 6 nitrogen and oxygen atoms in total. The van der Waals surface area contributed by atoms with Crippen molar-refractivity contribution in [2.75, 3.05) is 20.8 Å². The zero-order chi connectivity index (χ0) is 22.0. The molecule has 1 atom stereocenters. The van der Waals surface area contributed by atoms with Crippen LogP contribution in [0.2, 0.25) is 10.0 Å². The standard InChI is InChI=1S/C22H21Cl2NO5/c1-4-9-25-19(12-5-7-13(23)8-6-12)18(21(27)22(25)28)20(26)14-10-17(30-3)15(24)11-16(14)29-2/h5-8,10-11,19,26H,4,9H2,1-3H3/b20-18+. The molecule has 1 N–H and O–H groups in total. The number of likely N-dealkylation sites (tertiary alicyclic amines) is 1. The molecule has 2 aromatic carbocycles. The SMILES string of the molecule is CCCN1C(=O)C(=O)/C(=C(/O)c2cc(OC)c(Cl)cc2OC)C1c1ccc(Cl)cc1. The maximum Gasteiger partial charge on any atom is 0.295 e. The highest BCUT2D eigenvalue weighted by Gasteiger charge is 2.46. The Balaban J connectivity index is 2.26. The number of aliphatic hydroxyl groups is 1. The molecule has 1 saturated heterocycles. The first-order valence-electron chi connectivity index (χ1n) is 9.29. The van der Waals surface area contributed by atoms with Gasteiger partial charge in [0.15, 0.2) is 0 Å². The van der Waals surface area contributed by atoms with Crippen LogP contribution in [0.25, 0.3) is 5.76 Å². The van der Waals surface area contributed by atoms with Crippen molar-refractivity contribution in [1.82, 2.24) is 4.90 Å². The number of carbonyl (C=O) groups excluding carboxylic acids is 2. The molecule has 1 aliphatic rings. The van der Waals surface area contributed by atoms with E-state index in [-0.39, 0.29) is 27.7 Å². The molecule has 1 amide bonds.